The first kappa shape index (κ1) is 15.3. The summed E-state index contributed by atoms with van der Waals surface area (Å²) in [6, 6.07) is 5.70. The molecule has 1 aliphatic heterocycles. The first-order valence-corrected chi connectivity index (χ1v) is 9.25. The zero-order valence-electron chi connectivity index (χ0n) is 10.5. The molecule has 1 aromatic rings. The number of hydrogen-bond acceptors (Lipinski definition) is 3. The molecule has 1 fully saturated rings. The maximum atomic E-state index is 11.4. The third-order valence-electron chi connectivity index (χ3n) is 3.46. The molecule has 0 radical (unpaired) electrons. The first-order chi connectivity index (χ1) is 8.85. The van der Waals surface area contributed by atoms with Crippen LogP contribution in [0.3, 0.4) is 0 Å². The van der Waals surface area contributed by atoms with Crippen LogP contribution in [0.15, 0.2) is 22.7 Å². The van der Waals surface area contributed by atoms with Gasteiger partial charge in [-0.25, -0.2) is 8.42 Å². The fourth-order valence-electron chi connectivity index (χ4n) is 2.54. The van der Waals surface area contributed by atoms with Crippen molar-refractivity contribution in [3.05, 3.63) is 33.3 Å². The highest BCUT2D eigenvalue weighted by atomic mass is 79.9. The average molecular weight is 367 g/mol. The molecular formula is C13H17BrClNO2S. The normalized spacial score (nSPS) is 23.4. The molecule has 6 heteroatoms. The fourth-order valence-corrected chi connectivity index (χ4v) is 5.17. The van der Waals surface area contributed by atoms with Gasteiger partial charge in [-0.05, 0) is 42.9 Å². The van der Waals surface area contributed by atoms with E-state index in [9.17, 15) is 8.42 Å². The Bertz CT molecular complexity index is 562. The van der Waals surface area contributed by atoms with Gasteiger partial charge in [-0.2, -0.15) is 0 Å². The summed E-state index contributed by atoms with van der Waals surface area (Å²) in [4.78, 5) is 0. The topological polar surface area (TPSA) is 60.2 Å². The van der Waals surface area contributed by atoms with E-state index < -0.39 is 9.84 Å². The molecule has 0 bridgehead atoms. The molecule has 3 nitrogen and oxygen atoms in total. The van der Waals surface area contributed by atoms with Crippen molar-refractivity contribution < 1.29 is 8.42 Å². The summed E-state index contributed by atoms with van der Waals surface area (Å²) in [7, 11) is -2.82. The number of nitrogens with two attached hydrogens (primary N) is 1. The summed E-state index contributed by atoms with van der Waals surface area (Å²) < 4.78 is 23.8. The molecule has 106 valence electrons. The number of halogens is 2. The van der Waals surface area contributed by atoms with Crippen molar-refractivity contribution >= 4 is 37.4 Å². The van der Waals surface area contributed by atoms with E-state index in [1.165, 1.54) is 0 Å². The van der Waals surface area contributed by atoms with E-state index in [4.69, 9.17) is 17.3 Å². The molecule has 1 aromatic carbocycles. The summed E-state index contributed by atoms with van der Waals surface area (Å²) >= 11 is 9.52. The van der Waals surface area contributed by atoms with Gasteiger partial charge < -0.3 is 5.73 Å². The summed E-state index contributed by atoms with van der Waals surface area (Å²) in [6.07, 6.45) is 2.17. The largest absolute Gasteiger partial charge is 0.327 e. The lowest BCUT2D eigenvalue weighted by Gasteiger charge is -2.16. The van der Waals surface area contributed by atoms with Crippen molar-refractivity contribution in [1.29, 1.82) is 0 Å². The molecule has 2 rings (SSSR count). The smallest absolute Gasteiger partial charge is 0.150 e. The lowest BCUT2D eigenvalue weighted by Crippen LogP contribution is -2.26. The van der Waals surface area contributed by atoms with Gasteiger partial charge in [0.05, 0.1) is 11.5 Å². The minimum atomic E-state index is -2.82. The van der Waals surface area contributed by atoms with Gasteiger partial charge >= 0.3 is 0 Å². The molecule has 0 amide bonds. The van der Waals surface area contributed by atoms with Crippen LogP contribution in [0.25, 0.3) is 0 Å². The van der Waals surface area contributed by atoms with Crippen molar-refractivity contribution in [3.63, 3.8) is 0 Å². The minimum Gasteiger partial charge on any atom is -0.327 e. The monoisotopic (exact) mass is 365 g/mol. The zero-order valence-corrected chi connectivity index (χ0v) is 13.6. The van der Waals surface area contributed by atoms with E-state index in [0.717, 1.165) is 22.9 Å². The average Bonchev–Trinajstić information content (AvgIpc) is 2.62. The third kappa shape index (κ3) is 4.45. The maximum absolute atomic E-state index is 11.4. The summed E-state index contributed by atoms with van der Waals surface area (Å²) in [5.74, 6) is 0.798. The van der Waals surface area contributed by atoms with Crippen LogP contribution < -0.4 is 5.73 Å². The molecular weight excluding hydrogens is 350 g/mol. The molecule has 2 N–H and O–H groups in total. The number of sulfone groups is 1. The summed E-state index contributed by atoms with van der Waals surface area (Å²) in [5, 5.41) is 0.698. The second-order valence-corrected chi connectivity index (χ2v) is 8.76. The number of benzene rings is 1. The van der Waals surface area contributed by atoms with Gasteiger partial charge in [0.2, 0.25) is 0 Å². The molecule has 0 saturated carbocycles. The van der Waals surface area contributed by atoms with Crippen LogP contribution in [-0.4, -0.2) is 26.0 Å². The predicted molar refractivity (Wildman–Crippen MR) is 82.2 cm³/mol. The van der Waals surface area contributed by atoms with Crippen LogP contribution in [0, 0.1) is 5.92 Å². The van der Waals surface area contributed by atoms with Crippen molar-refractivity contribution in [2.75, 3.05) is 11.5 Å². The third-order valence-corrected chi connectivity index (χ3v) is 6.14. The molecule has 0 spiro atoms. The molecule has 19 heavy (non-hydrogen) atoms. The lowest BCUT2D eigenvalue weighted by molar-refractivity contribution is 0.468. The molecule has 0 aliphatic carbocycles. The van der Waals surface area contributed by atoms with Crippen LogP contribution in [0.2, 0.25) is 5.02 Å². The fraction of sp³-hybridized carbons (Fsp3) is 0.538. The zero-order chi connectivity index (χ0) is 14.0. The van der Waals surface area contributed by atoms with Crippen LogP contribution in [0.1, 0.15) is 18.4 Å². The van der Waals surface area contributed by atoms with Crippen molar-refractivity contribution in [1.82, 2.24) is 0 Å². The molecule has 1 heterocycles. The summed E-state index contributed by atoms with van der Waals surface area (Å²) in [5.41, 5.74) is 7.13. The van der Waals surface area contributed by atoms with E-state index in [2.05, 4.69) is 15.9 Å². The Morgan fingerprint density at radius 1 is 1.47 bits per heavy atom. The lowest BCUT2D eigenvalue weighted by atomic mass is 9.95. The molecule has 2 atom stereocenters. The minimum absolute atomic E-state index is 0.0445. The highest BCUT2D eigenvalue weighted by Crippen LogP contribution is 2.26. The molecule has 0 aromatic heterocycles. The second kappa shape index (κ2) is 6.12. The van der Waals surface area contributed by atoms with E-state index in [1.54, 1.807) is 0 Å². The Morgan fingerprint density at radius 2 is 2.21 bits per heavy atom. The van der Waals surface area contributed by atoms with Gasteiger partial charge in [0, 0.05) is 15.5 Å². The molecule has 1 saturated heterocycles. The Morgan fingerprint density at radius 3 is 2.79 bits per heavy atom. The maximum Gasteiger partial charge on any atom is 0.150 e. The van der Waals surface area contributed by atoms with Crippen molar-refractivity contribution in [3.8, 4) is 0 Å². The number of hydrogen-bond donors (Lipinski definition) is 1. The summed E-state index contributed by atoms with van der Waals surface area (Å²) in [6.45, 7) is 0. The Kier molecular flexibility index (Phi) is 4.93. The van der Waals surface area contributed by atoms with Crippen LogP contribution >= 0.6 is 27.5 Å². The van der Waals surface area contributed by atoms with Gasteiger partial charge in [0.25, 0.3) is 0 Å². The van der Waals surface area contributed by atoms with Gasteiger partial charge in [-0.15, -0.1) is 0 Å². The van der Waals surface area contributed by atoms with Gasteiger partial charge in [-0.3, -0.25) is 0 Å². The van der Waals surface area contributed by atoms with E-state index >= 15 is 0 Å². The quantitative estimate of drug-likeness (QED) is 0.891. The van der Waals surface area contributed by atoms with Gasteiger partial charge in [-0.1, -0.05) is 33.6 Å². The highest BCUT2D eigenvalue weighted by Gasteiger charge is 2.29. The van der Waals surface area contributed by atoms with Crippen LogP contribution in [-0.2, 0) is 16.3 Å². The second-order valence-electron chi connectivity index (χ2n) is 5.20. The Hall–Kier alpha value is -0.100. The van der Waals surface area contributed by atoms with E-state index in [-0.39, 0.29) is 17.7 Å². The van der Waals surface area contributed by atoms with E-state index in [1.807, 2.05) is 18.2 Å². The molecule has 1 aliphatic rings. The predicted octanol–water partition coefficient (Wildman–Crippen LogP) is 2.80. The van der Waals surface area contributed by atoms with Gasteiger partial charge in [0.15, 0.2) is 9.84 Å². The van der Waals surface area contributed by atoms with E-state index in [0.29, 0.717) is 17.2 Å². The first-order valence-electron chi connectivity index (χ1n) is 6.25. The standard InChI is InChI=1S/C13H17BrClNO2S/c14-11-2-1-10(13(15)7-11)6-12(16)5-9-3-4-19(17,18)8-9/h1-2,7,9,12H,3-6,8,16H2. The number of rotatable bonds is 4. The van der Waals surface area contributed by atoms with Crippen LogP contribution in [0.5, 0.6) is 0 Å². The Labute approximate surface area is 127 Å². The van der Waals surface area contributed by atoms with Gasteiger partial charge in [0.1, 0.15) is 0 Å². The van der Waals surface area contributed by atoms with Crippen LogP contribution in [0.4, 0.5) is 0 Å². The van der Waals surface area contributed by atoms with Crippen molar-refractivity contribution in [2.45, 2.75) is 25.3 Å². The SMILES string of the molecule is NC(Cc1ccc(Br)cc1Cl)CC1CCS(=O)(=O)C1. The Balaban J connectivity index is 1.93. The van der Waals surface area contributed by atoms with Crippen molar-refractivity contribution in [2.24, 2.45) is 11.7 Å². The highest BCUT2D eigenvalue weighted by molar-refractivity contribution is 9.10. The molecule has 2 unspecified atom stereocenters.